The standard InChI is InChI=1S/C24BF20.C12H17O2S/c26-5-1(6(27)14(35)21(42)13(5)34)25(2-7(28)15(36)22(43)16(37)8(2)29,3-9(30)17(38)23(44)18(39)10(3)31)4-11(32)19(40)24(45)20(41)12(4)33;1-4-14-11-7-5-10(6-8-11)12(13)9-15(2)3/h;5-8H,4,9H2,1-3H3/q-1;+1. The molecule has 0 saturated heterocycles. The molecule has 5 aromatic carbocycles. The third-order valence-electron chi connectivity index (χ3n) is 8.61. The van der Waals surface area contributed by atoms with Gasteiger partial charge in [-0.15, -0.1) is 21.9 Å². The zero-order chi connectivity index (χ0) is 45.6. The maximum atomic E-state index is 15.4. The van der Waals surface area contributed by atoms with Gasteiger partial charge in [-0.3, -0.25) is 4.79 Å². The Hall–Kier alpha value is -5.42. The number of hydrogen-bond acceptors (Lipinski definition) is 2. The van der Waals surface area contributed by atoms with Crippen molar-refractivity contribution < 1.29 is 97.3 Å². The van der Waals surface area contributed by atoms with Crippen LogP contribution in [0.1, 0.15) is 17.3 Å². The Morgan fingerprint density at radius 3 is 0.833 bits per heavy atom. The van der Waals surface area contributed by atoms with Crippen molar-refractivity contribution >= 4 is 44.7 Å². The topological polar surface area (TPSA) is 26.3 Å². The summed E-state index contributed by atoms with van der Waals surface area (Å²) in [6, 6.07) is 7.36. The maximum Gasteiger partial charge on any atom is 0.211 e. The van der Waals surface area contributed by atoms with E-state index < -0.39 is 144 Å². The quantitative estimate of drug-likeness (QED) is 0.0375. The number of Topliss-reactive ketones (excluding diaryl/α,β-unsaturated/α-hetero) is 1. The molecule has 5 rings (SSSR count). The van der Waals surface area contributed by atoms with Gasteiger partial charge in [-0.05, 0) is 42.1 Å². The lowest BCUT2D eigenvalue weighted by atomic mass is 9.12. The van der Waals surface area contributed by atoms with Crippen LogP contribution in [0.15, 0.2) is 24.3 Å². The number of hydrogen-bond donors (Lipinski definition) is 0. The predicted molar refractivity (Wildman–Crippen MR) is 175 cm³/mol. The Balaban J connectivity index is 0.000000445. The van der Waals surface area contributed by atoms with Gasteiger partial charge in [0.1, 0.15) is 58.4 Å². The highest BCUT2D eigenvalue weighted by molar-refractivity contribution is 7.96. The second-order valence-electron chi connectivity index (χ2n) is 12.3. The molecule has 5 aromatic rings. The van der Waals surface area contributed by atoms with Gasteiger partial charge in [0.15, 0.2) is 75.6 Å². The number of carbonyl (C=O) groups is 1. The van der Waals surface area contributed by atoms with Crippen molar-refractivity contribution in [3.05, 3.63) is 146 Å². The average molecular weight is 904 g/mol. The monoisotopic (exact) mass is 904 g/mol. The first-order chi connectivity index (χ1) is 27.8. The summed E-state index contributed by atoms with van der Waals surface area (Å²) in [6.45, 7) is 2.60. The molecular formula is C36H17BF20O2S. The fraction of sp³-hybridized carbons (Fsp3) is 0.139. The van der Waals surface area contributed by atoms with E-state index in [4.69, 9.17) is 4.74 Å². The van der Waals surface area contributed by atoms with Gasteiger partial charge in [0.2, 0.25) is 5.78 Å². The van der Waals surface area contributed by atoms with E-state index in [1.165, 1.54) is 0 Å². The van der Waals surface area contributed by atoms with Crippen molar-refractivity contribution in [2.45, 2.75) is 6.92 Å². The van der Waals surface area contributed by atoms with Gasteiger partial charge in [0, 0.05) is 5.56 Å². The summed E-state index contributed by atoms with van der Waals surface area (Å²) < 4.78 is 299. The maximum absolute atomic E-state index is 15.4. The molecule has 0 aliphatic carbocycles. The summed E-state index contributed by atoms with van der Waals surface area (Å²) in [6.07, 6.45) is -3.07. The molecule has 2 nitrogen and oxygen atoms in total. The minimum Gasteiger partial charge on any atom is -0.494 e. The molecular weight excluding hydrogens is 887 g/mol. The first kappa shape index (κ1) is 47.3. The second kappa shape index (κ2) is 17.7. The minimum atomic E-state index is -7.22. The number of halogens is 20. The lowest BCUT2D eigenvalue weighted by molar-refractivity contribution is 0.102. The largest absolute Gasteiger partial charge is 0.494 e. The Morgan fingerprint density at radius 2 is 0.633 bits per heavy atom. The van der Waals surface area contributed by atoms with Crippen LogP contribution in [0.5, 0.6) is 5.75 Å². The zero-order valence-electron chi connectivity index (χ0n) is 29.6. The molecule has 60 heavy (non-hydrogen) atoms. The van der Waals surface area contributed by atoms with Crippen molar-refractivity contribution in [1.29, 1.82) is 0 Å². The van der Waals surface area contributed by atoms with Crippen LogP contribution < -0.4 is 26.6 Å². The molecule has 0 saturated carbocycles. The van der Waals surface area contributed by atoms with Gasteiger partial charge in [0.25, 0.3) is 0 Å². The van der Waals surface area contributed by atoms with E-state index in [2.05, 4.69) is 12.5 Å². The molecule has 0 aliphatic heterocycles. The van der Waals surface area contributed by atoms with E-state index in [0.717, 1.165) is 11.3 Å². The van der Waals surface area contributed by atoms with E-state index in [1.807, 2.05) is 31.2 Å². The van der Waals surface area contributed by atoms with Crippen LogP contribution >= 0.6 is 0 Å². The fourth-order valence-electron chi connectivity index (χ4n) is 6.12. The Kier molecular flexibility index (Phi) is 13.9. The van der Waals surface area contributed by atoms with Crippen molar-refractivity contribution in [1.82, 2.24) is 0 Å². The minimum absolute atomic E-state index is 0.164. The van der Waals surface area contributed by atoms with Crippen LogP contribution in [0.25, 0.3) is 0 Å². The second-order valence-corrected chi connectivity index (χ2v) is 14.6. The summed E-state index contributed by atoms with van der Waals surface area (Å²) >= 11 is 0. The highest BCUT2D eigenvalue weighted by atomic mass is 32.2. The lowest BCUT2D eigenvalue weighted by Gasteiger charge is -2.44. The number of carbonyl (C=O) groups excluding carboxylic acids is 1. The molecule has 24 heteroatoms. The smallest absolute Gasteiger partial charge is 0.211 e. The Morgan fingerprint density at radius 1 is 0.417 bits per heavy atom. The molecule has 0 spiro atoms. The molecule has 0 fully saturated rings. The molecule has 0 amide bonds. The summed E-state index contributed by atoms with van der Waals surface area (Å²) in [5.74, 6) is -69.7. The first-order valence-electron chi connectivity index (χ1n) is 15.9. The zero-order valence-corrected chi connectivity index (χ0v) is 30.4. The summed E-state index contributed by atoms with van der Waals surface area (Å²) in [4.78, 5) is 11.7. The van der Waals surface area contributed by atoms with E-state index in [9.17, 15) is 57.5 Å². The Labute approximate surface area is 325 Å². The van der Waals surface area contributed by atoms with Crippen LogP contribution in [0.3, 0.4) is 0 Å². The van der Waals surface area contributed by atoms with Gasteiger partial charge in [-0.2, -0.15) is 0 Å². The molecule has 0 bridgehead atoms. The van der Waals surface area contributed by atoms with E-state index in [1.54, 1.807) is 0 Å². The SMILES string of the molecule is CCOc1ccc(C(=O)C[S+](C)C)cc1.Fc1c(F)c(F)c([B-](c2c(F)c(F)c(F)c(F)c2F)(c2c(F)c(F)c(F)c(F)c2F)c2c(F)c(F)c(F)c(F)c2F)c(F)c1F. The molecule has 0 heterocycles. The highest BCUT2D eigenvalue weighted by Gasteiger charge is 2.52. The van der Waals surface area contributed by atoms with Gasteiger partial charge in [-0.25, -0.2) is 87.8 Å². The average Bonchev–Trinajstić information content (AvgIpc) is 3.21. The van der Waals surface area contributed by atoms with E-state index >= 15 is 35.1 Å². The number of ether oxygens (including phenoxy) is 1. The van der Waals surface area contributed by atoms with Crippen LogP contribution in [-0.4, -0.2) is 36.8 Å². The van der Waals surface area contributed by atoms with Crippen LogP contribution in [-0.2, 0) is 10.9 Å². The lowest BCUT2D eigenvalue weighted by Crippen LogP contribution is -2.81. The van der Waals surface area contributed by atoms with Crippen molar-refractivity contribution in [3.8, 4) is 5.75 Å². The van der Waals surface area contributed by atoms with E-state index in [0.29, 0.717) is 12.4 Å². The number of ketones is 1. The predicted octanol–water partition coefficient (Wildman–Crippen LogP) is 7.99. The summed E-state index contributed by atoms with van der Waals surface area (Å²) in [5.41, 5.74) is -13.6. The van der Waals surface area contributed by atoms with Gasteiger partial charge in [-0.1, -0.05) is 0 Å². The third kappa shape index (κ3) is 7.61. The van der Waals surface area contributed by atoms with Crippen molar-refractivity contribution in [3.63, 3.8) is 0 Å². The number of benzene rings is 5. The summed E-state index contributed by atoms with van der Waals surface area (Å²) in [5, 5.41) is 0. The Bertz CT molecular complexity index is 2150. The van der Waals surface area contributed by atoms with Gasteiger partial charge in [0.05, 0.1) is 19.1 Å². The van der Waals surface area contributed by atoms with Gasteiger partial charge < -0.3 is 4.74 Å². The van der Waals surface area contributed by atoms with Crippen molar-refractivity contribution in [2.75, 3.05) is 24.9 Å². The van der Waals surface area contributed by atoms with Crippen LogP contribution in [0, 0.1) is 116 Å². The third-order valence-corrected chi connectivity index (χ3v) is 9.45. The molecule has 0 radical (unpaired) electrons. The summed E-state index contributed by atoms with van der Waals surface area (Å²) in [7, 11) is 0.164. The van der Waals surface area contributed by atoms with Gasteiger partial charge >= 0.3 is 0 Å². The molecule has 0 atom stereocenters. The van der Waals surface area contributed by atoms with Crippen LogP contribution in [0.4, 0.5) is 87.8 Å². The molecule has 0 aromatic heterocycles. The molecule has 0 N–H and O–H groups in total. The number of rotatable bonds is 9. The highest BCUT2D eigenvalue weighted by Crippen LogP contribution is 2.30. The fourth-order valence-corrected chi connectivity index (χ4v) is 6.81. The normalized spacial score (nSPS) is 11.6. The van der Waals surface area contributed by atoms with Crippen LogP contribution in [0.2, 0.25) is 0 Å². The first-order valence-corrected chi connectivity index (χ1v) is 18.1. The molecule has 0 aliphatic rings. The molecule has 0 unspecified atom stereocenters. The molecule has 322 valence electrons. The van der Waals surface area contributed by atoms with Crippen molar-refractivity contribution in [2.24, 2.45) is 0 Å². The van der Waals surface area contributed by atoms with E-state index in [-0.39, 0.29) is 16.7 Å².